The lowest BCUT2D eigenvalue weighted by Gasteiger charge is -1.95. The number of aromatic nitrogens is 2. The van der Waals surface area contributed by atoms with E-state index in [-0.39, 0.29) is 16.9 Å². The Balaban J connectivity index is 2.27. The number of fused-ring (bicyclic) bond motifs is 1. The van der Waals surface area contributed by atoms with Gasteiger partial charge in [0.2, 0.25) is 0 Å². The summed E-state index contributed by atoms with van der Waals surface area (Å²) >= 11 is 1.14. The van der Waals surface area contributed by atoms with Crippen LogP contribution in [0.4, 0.5) is 4.39 Å². The Hall–Kier alpha value is -2.54. The molecule has 2 aromatic heterocycles. The normalized spacial score (nSPS) is 10.8. The maximum absolute atomic E-state index is 12.9. The van der Waals surface area contributed by atoms with E-state index in [0.29, 0.717) is 15.1 Å². The van der Waals surface area contributed by atoms with Crippen LogP contribution >= 0.6 is 11.3 Å². The second-order valence-corrected chi connectivity index (χ2v) is 5.12. The number of halogens is 1. The summed E-state index contributed by atoms with van der Waals surface area (Å²) in [5, 5.41) is 15.0. The maximum atomic E-state index is 12.9. The molecule has 1 aromatic carbocycles. The van der Waals surface area contributed by atoms with Crippen molar-refractivity contribution in [1.29, 1.82) is 0 Å². The standard InChI is InChI=1S/C13H7FN2O3S/c14-7-3-1-6(2-4-7)9-5-8-11(20-9)10(13(18)19)15-16-12(8)17/h1-5H,(H,16,17)(H,18,19). The molecule has 0 aliphatic carbocycles. The van der Waals surface area contributed by atoms with E-state index in [1.54, 1.807) is 18.2 Å². The van der Waals surface area contributed by atoms with Gasteiger partial charge in [-0.05, 0) is 23.8 Å². The Morgan fingerprint density at radius 3 is 2.65 bits per heavy atom. The quantitative estimate of drug-likeness (QED) is 0.759. The first kappa shape index (κ1) is 12.5. The zero-order valence-corrected chi connectivity index (χ0v) is 10.7. The third-order valence-electron chi connectivity index (χ3n) is 2.79. The van der Waals surface area contributed by atoms with Crippen LogP contribution in [0.3, 0.4) is 0 Å². The fourth-order valence-corrected chi connectivity index (χ4v) is 3.00. The Bertz CT molecular complexity index is 867. The molecule has 0 unspecified atom stereocenters. The number of carboxylic acid groups (broad SMARTS) is 1. The smallest absolute Gasteiger partial charge is 0.357 e. The Kier molecular flexibility index (Phi) is 2.83. The molecular formula is C13H7FN2O3S. The number of nitrogens with one attached hydrogen (secondary N) is 1. The van der Waals surface area contributed by atoms with E-state index in [4.69, 9.17) is 5.11 Å². The molecule has 0 aliphatic heterocycles. The molecule has 20 heavy (non-hydrogen) atoms. The number of benzene rings is 1. The number of carboxylic acids is 1. The van der Waals surface area contributed by atoms with E-state index >= 15 is 0 Å². The number of rotatable bonds is 2. The van der Waals surface area contributed by atoms with Gasteiger partial charge < -0.3 is 5.11 Å². The zero-order chi connectivity index (χ0) is 14.3. The lowest BCUT2D eigenvalue weighted by molar-refractivity contribution is 0.0692. The van der Waals surface area contributed by atoms with Gasteiger partial charge in [-0.3, -0.25) is 4.79 Å². The summed E-state index contributed by atoms with van der Waals surface area (Å²) in [6.07, 6.45) is 0. The van der Waals surface area contributed by atoms with Gasteiger partial charge in [0.25, 0.3) is 5.56 Å². The summed E-state index contributed by atoms with van der Waals surface area (Å²) in [5.41, 5.74) is 0.0657. The number of aromatic amines is 1. The van der Waals surface area contributed by atoms with Crippen LogP contribution in [0.15, 0.2) is 35.1 Å². The monoisotopic (exact) mass is 290 g/mol. The number of aromatic carboxylic acids is 1. The molecule has 5 nitrogen and oxygen atoms in total. The van der Waals surface area contributed by atoms with Crippen molar-refractivity contribution in [2.24, 2.45) is 0 Å². The first-order chi connectivity index (χ1) is 9.56. The molecule has 2 N–H and O–H groups in total. The molecule has 3 aromatic rings. The van der Waals surface area contributed by atoms with E-state index in [1.807, 2.05) is 0 Å². The van der Waals surface area contributed by atoms with Crippen LogP contribution in [0.1, 0.15) is 10.5 Å². The minimum atomic E-state index is -1.21. The van der Waals surface area contributed by atoms with E-state index < -0.39 is 11.5 Å². The molecule has 0 bridgehead atoms. The van der Waals surface area contributed by atoms with Gasteiger partial charge in [-0.2, -0.15) is 5.10 Å². The van der Waals surface area contributed by atoms with Crippen molar-refractivity contribution in [2.45, 2.75) is 0 Å². The van der Waals surface area contributed by atoms with Gasteiger partial charge in [-0.1, -0.05) is 12.1 Å². The van der Waals surface area contributed by atoms with E-state index in [9.17, 15) is 14.0 Å². The molecule has 0 aliphatic rings. The Labute approximate surface area is 115 Å². The number of carbonyl (C=O) groups is 1. The van der Waals surface area contributed by atoms with Crippen molar-refractivity contribution in [3.05, 3.63) is 52.2 Å². The molecule has 0 atom stereocenters. The maximum Gasteiger partial charge on any atom is 0.357 e. The van der Waals surface area contributed by atoms with E-state index in [1.165, 1.54) is 12.1 Å². The summed E-state index contributed by atoms with van der Waals surface area (Å²) in [7, 11) is 0. The SMILES string of the molecule is O=C(O)c1n[nH]c(=O)c2cc(-c3ccc(F)cc3)sc12. The van der Waals surface area contributed by atoms with Crippen LogP contribution in [0.25, 0.3) is 20.5 Å². The van der Waals surface area contributed by atoms with Crippen molar-refractivity contribution in [2.75, 3.05) is 0 Å². The summed E-state index contributed by atoms with van der Waals surface area (Å²) in [5.74, 6) is -1.57. The number of thiophene rings is 1. The van der Waals surface area contributed by atoms with Crippen molar-refractivity contribution in [1.82, 2.24) is 10.2 Å². The minimum Gasteiger partial charge on any atom is -0.476 e. The van der Waals surface area contributed by atoms with Gasteiger partial charge >= 0.3 is 5.97 Å². The zero-order valence-electron chi connectivity index (χ0n) is 9.88. The van der Waals surface area contributed by atoms with Crippen molar-refractivity contribution >= 4 is 27.4 Å². The molecule has 0 fully saturated rings. The van der Waals surface area contributed by atoms with Crippen molar-refractivity contribution in [3.8, 4) is 10.4 Å². The van der Waals surface area contributed by atoms with Gasteiger partial charge in [0.1, 0.15) is 5.82 Å². The van der Waals surface area contributed by atoms with Gasteiger partial charge in [0.05, 0.1) is 10.1 Å². The van der Waals surface area contributed by atoms with Crippen molar-refractivity contribution < 1.29 is 14.3 Å². The summed E-state index contributed by atoms with van der Waals surface area (Å²) in [6, 6.07) is 7.34. The highest BCUT2D eigenvalue weighted by atomic mass is 32.1. The lowest BCUT2D eigenvalue weighted by Crippen LogP contribution is -2.12. The number of H-pyrrole nitrogens is 1. The van der Waals surface area contributed by atoms with Crippen LogP contribution in [0.2, 0.25) is 0 Å². The Morgan fingerprint density at radius 1 is 1.30 bits per heavy atom. The summed E-state index contributed by atoms with van der Waals surface area (Å²) < 4.78 is 13.2. The molecule has 0 saturated carbocycles. The van der Waals surface area contributed by atoms with Crippen LogP contribution in [0, 0.1) is 5.82 Å². The fraction of sp³-hybridized carbons (Fsp3) is 0. The average Bonchev–Trinajstić information content (AvgIpc) is 2.85. The molecule has 0 amide bonds. The van der Waals surface area contributed by atoms with Crippen LogP contribution in [-0.4, -0.2) is 21.3 Å². The largest absolute Gasteiger partial charge is 0.476 e. The highest BCUT2D eigenvalue weighted by Gasteiger charge is 2.16. The average molecular weight is 290 g/mol. The highest BCUT2D eigenvalue weighted by Crippen LogP contribution is 2.33. The predicted octanol–water partition coefficient (Wildman–Crippen LogP) is 2.49. The molecule has 7 heteroatoms. The third-order valence-corrected chi connectivity index (χ3v) is 3.98. The number of hydrogen-bond donors (Lipinski definition) is 2. The topological polar surface area (TPSA) is 83.0 Å². The van der Waals surface area contributed by atoms with Gasteiger partial charge in [0, 0.05) is 4.88 Å². The van der Waals surface area contributed by atoms with E-state index in [0.717, 1.165) is 11.3 Å². The third kappa shape index (κ3) is 1.97. The first-order valence-electron chi connectivity index (χ1n) is 5.58. The number of nitrogens with zero attached hydrogens (tertiary/aromatic N) is 1. The first-order valence-corrected chi connectivity index (χ1v) is 6.39. The second-order valence-electron chi connectivity index (χ2n) is 4.07. The van der Waals surface area contributed by atoms with E-state index in [2.05, 4.69) is 10.2 Å². The molecule has 100 valence electrons. The number of hydrogen-bond acceptors (Lipinski definition) is 4. The summed E-state index contributed by atoms with van der Waals surface area (Å²) in [6.45, 7) is 0. The molecule has 0 saturated heterocycles. The van der Waals surface area contributed by atoms with Gasteiger partial charge in [0.15, 0.2) is 5.69 Å². The fourth-order valence-electron chi connectivity index (χ4n) is 1.85. The lowest BCUT2D eigenvalue weighted by atomic mass is 10.2. The predicted molar refractivity (Wildman–Crippen MR) is 72.6 cm³/mol. The van der Waals surface area contributed by atoms with Crippen LogP contribution in [-0.2, 0) is 0 Å². The highest BCUT2D eigenvalue weighted by molar-refractivity contribution is 7.22. The van der Waals surface area contributed by atoms with Gasteiger partial charge in [-0.25, -0.2) is 14.3 Å². The molecule has 2 heterocycles. The molecule has 3 rings (SSSR count). The summed E-state index contributed by atoms with van der Waals surface area (Å²) in [4.78, 5) is 23.5. The van der Waals surface area contributed by atoms with Crippen molar-refractivity contribution in [3.63, 3.8) is 0 Å². The second kappa shape index (κ2) is 4.53. The van der Waals surface area contributed by atoms with Crippen LogP contribution in [0.5, 0.6) is 0 Å². The Morgan fingerprint density at radius 2 is 2.00 bits per heavy atom. The molecule has 0 spiro atoms. The van der Waals surface area contributed by atoms with Gasteiger partial charge in [-0.15, -0.1) is 11.3 Å². The minimum absolute atomic E-state index is 0.196. The van der Waals surface area contributed by atoms with Crippen LogP contribution < -0.4 is 5.56 Å². The molecule has 0 radical (unpaired) electrons. The molecular weight excluding hydrogens is 283 g/mol.